The van der Waals surface area contributed by atoms with E-state index in [2.05, 4.69) is 5.32 Å². The van der Waals surface area contributed by atoms with Gasteiger partial charge in [0.15, 0.2) is 0 Å². The highest BCUT2D eigenvalue weighted by molar-refractivity contribution is 8.01. The van der Waals surface area contributed by atoms with E-state index in [1.807, 2.05) is 74.5 Å². The fourth-order valence-electron chi connectivity index (χ4n) is 3.51. The first-order valence-corrected chi connectivity index (χ1v) is 10.2. The molecule has 1 aliphatic rings. The summed E-state index contributed by atoms with van der Waals surface area (Å²) in [5.41, 5.74) is 2.11. The fourth-order valence-corrected chi connectivity index (χ4v) is 5.07. The van der Waals surface area contributed by atoms with Gasteiger partial charge < -0.3 is 15.0 Å². The largest absolute Gasteiger partial charge is 0.467 e. The number of benzene rings is 2. The van der Waals surface area contributed by atoms with Gasteiger partial charge in [0.25, 0.3) is 0 Å². The van der Waals surface area contributed by atoms with Crippen LogP contribution in [0.2, 0.25) is 0 Å². The van der Waals surface area contributed by atoms with Crippen molar-refractivity contribution in [3.8, 4) is 0 Å². The van der Waals surface area contributed by atoms with E-state index in [0.29, 0.717) is 6.54 Å². The Hall–Kier alpha value is -2.31. The van der Waals surface area contributed by atoms with Crippen LogP contribution in [-0.2, 0) is 20.9 Å². The number of rotatable bonds is 6. The standard InChI is InChI=1S/C22H26N2O3S/c1-22(2)19(21(26)27-3)24(20(28-22)17-12-8-5-9-13-17)18(25)15-23-14-16-10-6-4-7-11-16/h4-13,19-20,23H,14-15H2,1-3H3. The topological polar surface area (TPSA) is 58.6 Å². The number of hydrogen-bond acceptors (Lipinski definition) is 5. The Kier molecular flexibility index (Phi) is 6.42. The molecule has 1 amide bonds. The molecule has 6 heteroatoms. The molecule has 3 rings (SSSR count). The molecular formula is C22H26N2O3S. The molecule has 1 N–H and O–H groups in total. The van der Waals surface area contributed by atoms with Crippen molar-refractivity contribution < 1.29 is 14.3 Å². The monoisotopic (exact) mass is 398 g/mol. The van der Waals surface area contributed by atoms with Gasteiger partial charge >= 0.3 is 5.97 Å². The van der Waals surface area contributed by atoms with Crippen molar-refractivity contribution in [2.24, 2.45) is 0 Å². The normalized spacial score (nSPS) is 20.8. The number of amides is 1. The fraction of sp³-hybridized carbons (Fsp3) is 0.364. The molecule has 0 aromatic heterocycles. The smallest absolute Gasteiger partial charge is 0.330 e. The average Bonchev–Trinajstić information content (AvgIpc) is 3.00. The molecule has 1 fully saturated rings. The molecule has 0 spiro atoms. The summed E-state index contributed by atoms with van der Waals surface area (Å²) in [7, 11) is 1.37. The lowest BCUT2D eigenvalue weighted by Gasteiger charge is -2.31. The van der Waals surface area contributed by atoms with Crippen LogP contribution >= 0.6 is 11.8 Å². The molecule has 0 radical (unpaired) electrons. The summed E-state index contributed by atoms with van der Waals surface area (Å²) < 4.78 is 4.59. The van der Waals surface area contributed by atoms with Crippen LogP contribution in [0.1, 0.15) is 30.3 Å². The summed E-state index contributed by atoms with van der Waals surface area (Å²) in [6.07, 6.45) is 0. The second kappa shape index (κ2) is 8.80. The Labute approximate surface area is 170 Å². The predicted molar refractivity (Wildman–Crippen MR) is 112 cm³/mol. The van der Waals surface area contributed by atoms with Gasteiger partial charge in [0, 0.05) is 11.3 Å². The zero-order valence-electron chi connectivity index (χ0n) is 16.4. The summed E-state index contributed by atoms with van der Waals surface area (Å²) >= 11 is 1.62. The van der Waals surface area contributed by atoms with Gasteiger partial charge in [-0.2, -0.15) is 0 Å². The van der Waals surface area contributed by atoms with Gasteiger partial charge in [-0.05, 0) is 25.0 Å². The summed E-state index contributed by atoms with van der Waals surface area (Å²) in [5, 5.41) is 2.97. The first-order chi connectivity index (χ1) is 13.4. The summed E-state index contributed by atoms with van der Waals surface area (Å²) in [6, 6.07) is 19.1. The van der Waals surface area contributed by atoms with E-state index in [4.69, 9.17) is 4.74 Å². The summed E-state index contributed by atoms with van der Waals surface area (Å²) in [5.74, 6) is -0.495. The molecule has 2 aromatic carbocycles. The number of carbonyl (C=O) groups excluding carboxylic acids is 2. The third-order valence-corrected chi connectivity index (χ3v) is 6.40. The van der Waals surface area contributed by atoms with Crippen molar-refractivity contribution in [3.63, 3.8) is 0 Å². The Morgan fingerprint density at radius 2 is 1.68 bits per heavy atom. The van der Waals surface area contributed by atoms with Crippen molar-refractivity contribution in [2.45, 2.75) is 36.6 Å². The zero-order valence-corrected chi connectivity index (χ0v) is 17.2. The molecule has 28 heavy (non-hydrogen) atoms. The maximum Gasteiger partial charge on any atom is 0.330 e. The third-order valence-electron chi connectivity index (χ3n) is 4.85. The first kappa shape index (κ1) is 20.4. The van der Waals surface area contributed by atoms with Crippen LogP contribution < -0.4 is 5.32 Å². The van der Waals surface area contributed by atoms with Crippen LogP contribution in [0.5, 0.6) is 0 Å². The van der Waals surface area contributed by atoms with E-state index in [-0.39, 0.29) is 23.8 Å². The first-order valence-electron chi connectivity index (χ1n) is 9.30. The zero-order chi connectivity index (χ0) is 20.1. The Bertz CT molecular complexity index is 811. The van der Waals surface area contributed by atoms with Gasteiger partial charge in [-0.15, -0.1) is 11.8 Å². The van der Waals surface area contributed by atoms with Gasteiger partial charge in [-0.1, -0.05) is 60.7 Å². The highest BCUT2D eigenvalue weighted by atomic mass is 32.2. The highest BCUT2D eigenvalue weighted by Gasteiger charge is 2.53. The highest BCUT2D eigenvalue weighted by Crippen LogP contribution is 2.52. The Morgan fingerprint density at radius 3 is 2.29 bits per heavy atom. The lowest BCUT2D eigenvalue weighted by molar-refractivity contribution is -0.153. The summed E-state index contributed by atoms with van der Waals surface area (Å²) in [4.78, 5) is 27.4. The van der Waals surface area contributed by atoms with Crippen molar-refractivity contribution in [1.82, 2.24) is 10.2 Å². The minimum Gasteiger partial charge on any atom is -0.467 e. The quantitative estimate of drug-likeness (QED) is 0.756. The number of hydrogen-bond donors (Lipinski definition) is 1. The molecule has 0 bridgehead atoms. The predicted octanol–water partition coefficient (Wildman–Crippen LogP) is 3.37. The van der Waals surface area contributed by atoms with E-state index in [0.717, 1.165) is 11.1 Å². The van der Waals surface area contributed by atoms with E-state index in [9.17, 15) is 9.59 Å². The minimum atomic E-state index is -0.640. The molecule has 2 atom stereocenters. The minimum absolute atomic E-state index is 0.113. The van der Waals surface area contributed by atoms with Crippen LogP contribution in [-0.4, -0.2) is 41.2 Å². The lowest BCUT2D eigenvalue weighted by Crippen LogP contribution is -2.51. The molecule has 2 unspecified atom stereocenters. The van der Waals surface area contributed by atoms with Crippen molar-refractivity contribution in [3.05, 3.63) is 71.8 Å². The van der Waals surface area contributed by atoms with E-state index >= 15 is 0 Å². The van der Waals surface area contributed by atoms with Crippen LogP contribution in [0.3, 0.4) is 0 Å². The van der Waals surface area contributed by atoms with Crippen molar-refractivity contribution in [2.75, 3.05) is 13.7 Å². The van der Waals surface area contributed by atoms with Gasteiger partial charge in [0.05, 0.1) is 13.7 Å². The number of ether oxygens (including phenoxy) is 1. The molecule has 0 saturated carbocycles. The molecule has 0 aliphatic carbocycles. The lowest BCUT2D eigenvalue weighted by atomic mass is 10.0. The van der Waals surface area contributed by atoms with Crippen molar-refractivity contribution >= 4 is 23.6 Å². The maximum atomic E-state index is 13.2. The van der Waals surface area contributed by atoms with Gasteiger partial charge in [0.1, 0.15) is 11.4 Å². The van der Waals surface area contributed by atoms with Gasteiger partial charge in [0.2, 0.25) is 5.91 Å². The van der Waals surface area contributed by atoms with E-state index in [1.54, 1.807) is 16.7 Å². The van der Waals surface area contributed by atoms with Crippen molar-refractivity contribution in [1.29, 1.82) is 0 Å². The average molecular weight is 399 g/mol. The van der Waals surface area contributed by atoms with Crippen LogP contribution in [0.15, 0.2) is 60.7 Å². The molecule has 148 valence electrons. The number of esters is 1. The third kappa shape index (κ3) is 4.39. The number of nitrogens with zero attached hydrogens (tertiary/aromatic N) is 1. The van der Waals surface area contributed by atoms with Crippen LogP contribution in [0, 0.1) is 0 Å². The second-order valence-corrected chi connectivity index (χ2v) is 9.03. The number of nitrogens with one attached hydrogen (secondary N) is 1. The Morgan fingerprint density at radius 1 is 1.07 bits per heavy atom. The molecule has 2 aromatic rings. The SMILES string of the molecule is COC(=O)C1N(C(=O)CNCc2ccccc2)C(c2ccccc2)SC1(C)C. The number of methoxy groups -OCH3 is 1. The maximum absolute atomic E-state index is 13.2. The molecule has 1 saturated heterocycles. The molecule has 5 nitrogen and oxygen atoms in total. The number of thioether (sulfide) groups is 1. The second-order valence-electron chi connectivity index (χ2n) is 7.30. The van der Waals surface area contributed by atoms with Crippen LogP contribution in [0.4, 0.5) is 0 Å². The van der Waals surface area contributed by atoms with Crippen LogP contribution in [0.25, 0.3) is 0 Å². The van der Waals surface area contributed by atoms with Gasteiger partial charge in [-0.25, -0.2) is 4.79 Å². The Balaban J connectivity index is 1.81. The molecule has 1 aliphatic heterocycles. The number of carbonyl (C=O) groups is 2. The van der Waals surface area contributed by atoms with E-state index in [1.165, 1.54) is 7.11 Å². The molecular weight excluding hydrogens is 372 g/mol. The molecule has 1 heterocycles. The van der Waals surface area contributed by atoms with Gasteiger partial charge in [-0.3, -0.25) is 4.79 Å². The summed E-state index contributed by atoms with van der Waals surface area (Å²) in [6.45, 7) is 4.72. The van der Waals surface area contributed by atoms with E-state index < -0.39 is 10.8 Å².